The van der Waals surface area contributed by atoms with Crippen LogP contribution in [0.2, 0.25) is 0 Å². The SMILES string of the molecule is COCCO/C=N/CC(c1ccc(O)c(O)c1)C(COCCC(=O)NCCc1ccc(C)c(O)c1)(COCCC(=O)NCCc1ccc(O)c(O)c1)COCCC(=O)NCCc1ccc(O)c(O)c1. The van der Waals surface area contributed by atoms with Gasteiger partial charge in [-0.2, -0.15) is 0 Å². The number of carbonyl (C=O) groups is 3. The van der Waals surface area contributed by atoms with Crippen LogP contribution in [0.1, 0.15) is 53.0 Å². The minimum Gasteiger partial charge on any atom is -0.508 e. The fourth-order valence-corrected chi connectivity index (χ4v) is 7.11. The van der Waals surface area contributed by atoms with Crippen LogP contribution >= 0.6 is 0 Å². The Morgan fingerprint density at radius 1 is 0.551 bits per heavy atom. The second-order valence-electron chi connectivity index (χ2n) is 16.5. The van der Waals surface area contributed by atoms with E-state index in [1.807, 2.05) is 6.07 Å². The van der Waals surface area contributed by atoms with Crippen molar-refractivity contribution in [2.75, 3.05) is 86.1 Å². The Morgan fingerprint density at radius 2 is 0.971 bits per heavy atom. The van der Waals surface area contributed by atoms with Crippen molar-refractivity contribution in [2.24, 2.45) is 10.4 Å². The number of methoxy groups -OCH3 is 1. The molecule has 1 atom stereocenters. The molecule has 0 aliphatic carbocycles. The first-order valence-corrected chi connectivity index (χ1v) is 22.6. The smallest absolute Gasteiger partial charge is 0.222 e. The number of nitrogens with one attached hydrogen (secondary N) is 3. The van der Waals surface area contributed by atoms with Gasteiger partial charge in [0.2, 0.25) is 17.7 Å². The van der Waals surface area contributed by atoms with E-state index in [2.05, 4.69) is 20.9 Å². The predicted molar refractivity (Wildman–Crippen MR) is 255 cm³/mol. The summed E-state index contributed by atoms with van der Waals surface area (Å²) in [7, 11) is 1.53. The molecule has 0 aromatic heterocycles. The maximum Gasteiger partial charge on any atom is 0.222 e. The third-order valence-electron chi connectivity index (χ3n) is 11.1. The van der Waals surface area contributed by atoms with Gasteiger partial charge in [-0.3, -0.25) is 19.4 Å². The van der Waals surface area contributed by atoms with E-state index in [9.17, 15) is 50.1 Å². The summed E-state index contributed by atoms with van der Waals surface area (Å²) in [5.74, 6) is -3.19. The quantitative estimate of drug-likeness (QED) is 0.0143. The lowest BCUT2D eigenvalue weighted by molar-refractivity contribution is -0.124. The number of amides is 3. The molecule has 0 aliphatic heterocycles. The van der Waals surface area contributed by atoms with E-state index in [-0.39, 0.29) is 137 Å². The molecule has 3 amide bonds. The third kappa shape index (κ3) is 19.4. The molecule has 19 nitrogen and oxygen atoms in total. The number of rotatable bonds is 32. The molecule has 69 heavy (non-hydrogen) atoms. The number of benzene rings is 4. The molecule has 4 aromatic rings. The maximum absolute atomic E-state index is 13.0. The molecule has 0 spiro atoms. The number of phenols is 7. The minimum atomic E-state index is -1.19. The van der Waals surface area contributed by atoms with Gasteiger partial charge in [0.1, 0.15) is 12.4 Å². The van der Waals surface area contributed by atoms with E-state index < -0.39 is 17.1 Å². The average Bonchev–Trinajstić information content (AvgIpc) is 3.32. The number of hydrogen-bond donors (Lipinski definition) is 10. The summed E-state index contributed by atoms with van der Waals surface area (Å²) in [5.41, 5.74) is 2.34. The Hall–Kier alpha value is -6.80. The van der Waals surface area contributed by atoms with Crippen molar-refractivity contribution in [3.8, 4) is 40.2 Å². The van der Waals surface area contributed by atoms with E-state index in [1.54, 1.807) is 37.3 Å². The van der Waals surface area contributed by atoms with E-state index in [0.717, 1.165) is 11.1 Å². The van der Waals surface area contributed by atoms with Crippen molar-refractivity contribution in [2.45, 2.75) is 51.4 Å². The zero-order valence-electron chi connectivity index (χ0n) is 39.2. The highest BCUT2D eigenvalue weighted by Gasteiger charge is 2.42. The first-order valence-electron chi connectivity index (χ1n) is 22.6. The number of hydrogen-bond acceptors (Lipinski definition) is 16. The van der Waals surface area contributed by atoms with Gasteiger partial charge in [-0.1, -0.05) is 30.3 Å². The monoisotopic (exact) mass is 962 g/mol. The van der Waals surface area contributed by atoms with Gasteiger partial charge >= 0.3 is 0 Å². The number of phenolic OH excluding ortho intramolecular Hbond substituents is 7. The first-order chi connectivity index (χ1) is 33.2. The predicted octanol–water partition coefficient (Wildman–Crippen LogP) is 3.99. The minimum absolute atomic E-state index is 0.0129. The molecule has 0 bridgehead atoms. The Morgan fingerprint density at radius 3 is 1.39 bits per heavy atom. The molecule has 0 saturated carbocycles. The van der Waals surface area contributed by atoms with E-state index in [0.29, 0.717) is 49.1 Å². The van der Waals surface area contributed by atoms with E-state index in [1.165, 1.54) is 49.9 Å². The Bertz CT molecular complexity index is 2090. The molecule has 19 heteroatoms. The number of nitrogens with zero attached hydrogens (tertiary/aromatic N) is 1. The van der Waals surface area contributed by atoms with Crippen LogP contribution in [-0.2, 0) is 57.3 Å². The average molecular weight is 963 g/mol. The molecule has 376 valence electrons. The highest BCUT2D eigenvalue weighted by Crippen LogP contribution is 2.41. The summed E-state index contributed by atoms with van der Waals surface area (Å²) >= 11 is 0. The van der Waals surface area contributed by atoms with Crippen LogP contribution in [0.5, 0.6) is 40.2 Å². The van der Waals surface area contributed by atoms with Crippen LogP contribution in [0.15, 0.2) is 77.8 Å². The number of aryl methyl sites for hydroxylation is 1. The number of ether oxygens (including phenoxy) is 5. The lowest BCUT2D eigenvalue weighted by Gasteiger charge is -2.40. The second kappa shape index (κ2) is 29.2. The van der Waals surface area contributed by atoms with Crippen LogP contribution in [0.4, 0.5) is 0 Å². The fourth-order valence-electron chi connectivity index (χ4n) is 7.11. The maximum atomic E-state index is 13.0. The summed E-state index contributed by atoms with van der Waals surface area (Å²) < 4.78 is 29.4. The first kappa shape index (κ1) is 54.8. The molecule has 0 aliphatic rings. The van der Waals surface area contributed by atoms with Gasteiger partial charge in [-0.25, -0.2) is 0 Å². The molecule has 4 aromatic carbocycles. The Labute approximate surface area is 401 Å². The van der Waals surface area contributed by atoms with Gasteiger partial charge < -0.3 is 75.4 Å². The summed E-state index contributed by atoms with van der Waals surface area (Å²) in [6, 6.07) is 18.5. The lowest BCUT2D eigenvalue weighted by Crippen LogP contribution is -2.45. The highest BCUT2D eigenvalue weighted by atomic mass is 16.5. The molecule has 1 unspecified atom stereocenters. The van der Waals surface area contributed by atoms with Gasteiger partial charge in [0.15, 0.2) is 40.9 Å². The van der Waals surface area contributed by atoms with Crippen LogP contribution in [0.25, 0.3) is 0 Å². The van der Waals surface area contributed by atoms with Crippen LogP contribution < -0.4 is 16.0 Å². The highest BCUT2D eigenvalue weighted by molar-refractivity contribution is 5.76. The lowest BCUT2D eigenvalue weighted by atomic mass is 9.73. The molecule has 0 radical (unpaired) electrons. The van der Waals surface area contributed by atoms with Crippen molar-refractivity contribution in [3.05, 3.63) is 101 Å². The number of aliphatic imine (C=N–C) groups is 1. The van der Waals surface area contributed by atoms with E-state index >= 15 is 0 Å². The van der Waals surface area contributed by atoms with Crippen molar-refractivity contribution < 1.29 is 73.8 Å². The van der Waals surface area contributed by atoms with Gasteiger partial charge in [-0.05, 0) is 96.5 Å². The van der Waals surface area contributed by atoms with Gasteiger partial charge in [0.05, 0.1) is 46.2 Å². The van der Waals surface area contributed by atoms with Crippen LogP contribution in [0.3, 0.4) is 0 Å². The largest absolute Gasteiger partial charge is 0.508 e. The van der Waals surface area contributed by atoms with Gasteiger partial charge in [-0.15, -0.1) is 0 Å². The van der Waals surface area contributed by atoms with E-state index in [4.69, 9.17) is 23.7 Å². The second-order valence-corrected chi connectivity index (χ2v) is 16.5. The fraction of sp³-hybridized carbons (Fsp3) is 0.440. The zero-order chi connectivity index (χ0) is 50.0. The number of aromatic hydroxyl groups is 7. The number of carbonyl (C=O) groups excluding carboxylic acids is 3. The van der Waals surface area contributed by atoms with Crippen LogP contribution in [-0.4, -0.2) is 146 Å². The molecule has 4 rings (SSSR count). The molecular formula is C50H66N4O15. The van der Waals surface area contributed by atoms with Crippen molar-refractivity contribution in [1.82, 2.24) is 16.0 Å². The Balaban J connectivity index is 1.51. The van der Waals surface area contributed by atoms with Crippen molar-refractivity contribution in [1.29, 1.82) is 0 Å². The summed E-state index contributed by atoms with van der Waals surface area (Å²) in [6.07, 6.45) is 2.46. The Kier molecular flexibility index (Phi) is 23.2. The molecule has 0 saturated heterocycles. The topological polar surface area (TPSA) is 287 Å². The molecule has 10 N–H and O–H groups in total. The summed E-state index contributed by atoms with van der Waals surface area (Å²) in [4.78, 5) is 43.4. The molecular weight excluding hydrogens is 897 g/mol. The van der Waals surface area contributed by atoms with Gasteiger partial charge in [0.25, 0.3) is 0 Å². The van der Waals surface area contributed by atoms with Crippen LogP contribution in [0, 0.1) is 12.3 Å². The zero-order valence-corrected chi connectivity index (χ0v) is 39.2. The van der Waals surface area contributed by atoms with Crippen molar-refractivity contribution in [3.63, 3.8) is 0 Å². The standard InChI is InChI=1S/C50H66N4O15/c1-34-3-4-35(25-43(34)58)11-17-52-47(62)14-20-66-30-50(31-67-21-15-48(63)53-18-12-36-5-8-40(55)44(59)26-36,32-68-22-16-49(64)54-19-13-37-6-9-41(56)45(60)27-37)39(29-51-33-69-24-23-65-2)38-7-10-42(57)46(61)28-38/h3-10,25-28,33,39,55-61H,11-24,29-32H2,1-2H3,(H,52,62)(H,53,63)(H,54,64)/b51-33+. The van der Waals surface area contributed by atoms with Gasteiger partial charge in [0, 0.05) is 63.9 Å². The van der Waals surface area contributed by atoms with Crippen molar-refractivity contribution >= 4 is 24.1 Å². The third-order valence-corrected chi connectivity index (χ3v) is 11.1. The molecule has 0 heterocycles. The normalized spacial score (nSPS) is 11.9. The molecule has 0 fully saturated rings. The summed E-state index contributed by atoms with van der Waals surface area (Å²) in [6.45, 7) is 2.72. The summed E-state index contributed by atoms with van der Waals surface area (Å²) in [5, 5.41) is 78.5.